The van der Waals surface area contributed by atoms with Crippen molar-refractivity contribution in [2.75, 3.05) is 19.5 Å². The number of fused-ring (bicyclic) bond motifs is 1. The molecule has 0 unspecified atom stereocenters. The molecule has 0 aliphatic carbocycles. The van der Waals surface area contributed by atoms with E-state index >= 15 is 0 Å². The summed E-state index contributed by atoms with van der Waals surface area (Å²) in [6.45, 7) is 0. The summed E-state index contributed by atoms with van der Waals surface area (Å²) in [4.78, 5) is 35.8. The molecule has 1 amide bonds. The molecule has 9 heteroatoms. The lowest BCUT2D eigenvalue weighted by atomic mass is 10.0. The quantitative estimate of drug-likeness (QED) is 0.709. The van der Waals surface area contributed by atoms with Crippen LogP contribution in [-0.2, 0) is 9.53 Å². The lowest BCUT2D eigenvalue weighted by Gasteiger charge is -2.13. The fraction of sp³-hybridized carbons (Fsp3) is 0.211. The summed E-state index contributed by atoms with van der Waals surface area (Å²) >= 11 is 5.82. The van der Waals surface area contributed by atoms with E-state index in [1.807, 2.05) is 0 Å². The molecule has 2 aromatic rings. The molecule has 0 aromatic heterocycles. The Morgan fingerprint density at radius 2 is 1.96 bits per heavy atom. The molecule has 1 aliphatic rings. The van der Waals surface area contributed by atoms with Gasteiger partial charge in [-0.1, -0.05) is 17.7 Å². The number of amides is 1. The lowest BCUT2D eigenvalue weighted by molar-refractivity contribution is -0.118. The Hall–Kier alpha value is -3.26. The molecule has 146 valence electrons. The Kier molecular flexibility index (Phi) is 5.41. The smallest absolute Gasteiger partial charge is 0.343 e. The predicted molar refractivity (Wildman–Crippen MR) is 99.4 cm³/mol. The third-order valence-corrected chi connectivity index (χ3v) is 4.56. The van der Waals surface area contributed by atoms with E-state index in [0.29, 0.717) is 11.3 Å². The van der Waals surface area contributed by atoms with Gasteiger partial charge in [-0.05, 0) is 24.3 Å². The van der Waals surface area contributed by atoms with Crippen molar-refractivity contribution in [3.05, 3.63) is 52.0 Å². The summed E-state index contributed by atoms with van der Waals surface area (Å²) in [6.07, 6.45) is -0.951. The summed E-state index contributed by atoms with van der Waals surface area (Å²) in [5.41, 5.74) is 0.872. The number of carboxylic acids is 1. The summed E-state index contributed by atoms with van der Waals surface area (Å²) < 4.78 is 15.7. The highest BCUT2D eigenvalue weighted by Gasteiger charge is 2.36. The largest absolute Gasteiger partial charge is 0.493 e. The zero-order chi connectivity index (χ0) is 20.4. The maximum absolute atomic E-state index is 12.4. The van der Waals surface area contributed by atoms with Gasteiger partial charge in [0, 0.05) is 11.3 Å². The first-order valence-corrected chi connectivity index (χ1v) is 8.52. The van der Waals surface area contributed by atoms with E-state index in [1.165, 1.54) is 32.4 Å². The molecule has 0 saturated carbocycles. The number of carbonyl (C=O) groups is 3. The van der Waals surface area contributed by atoms with E-state index in [-0.39, 0.29) is 34.0 Å². The number of rotatable bonds is 6. The second-order valence-electron chi connectivity index (χ2n) is 5.91. The number of hydrogen-bond acceptors (Lipinski definition) is 6. The van der Waals surface area contributed by atoms with Gasteiger partial charge in [0.25, 0.3) is 0 Å². The third-order valence-electron chi connectivity index (χ3n) is 4.23. The number of carboxylic acid groups (broad SMARTS) is 1. The molecule has 8 nitrogen and oxygen atoms in total. The van der Waals surface area contributed by atoms with Crippen LogP contribution in [0, 0.1) is 0 Å². The fourth-order valence-corrected chi connectivity index (χ4v) is 3.17. The molecule has 0 fully saturated rings. The van der Waals surface area contributed by atoms with Gasteiger partial charge >= 0.3 is 11.9 Å². The fourth-order valence-electron chi connectivity index (χ4n) is 2.97. The molecule has 3 rings (SSSR count). The van der Waals surface area contributed by atoms with Crippen LogP contribution in [-0.4, -0.2) is 37.2 Å². The minimum absolute atomic E-state index is 0.0604. The molecule has 28 heavy (non-hydrogen) atoms. The lowest BCUT2D eigenvalue weighted by Crippen LogP contribution is -2.16. The normalized spacial score (nSPS) is 14.8. The molecule has 0 saturated heterocycles. The van der Waals surface area contributed by atoms with Crippen molar-refractivity contribution in [1.29, 1.82) is 0 Å². The van der Waals surface area contributed by atoms with E-state index < -0.39 is 23.9 Å². The number of methoxy groups -OCH3 is 2. The number of anilines is 1. The van der Waals surface area contributed by atoms with Crippen molar-refractivity contribution in [2.45, 2.75) is 12.5 Å². The zero-order valence-corrected chi connectivity index (χ0v) is 15.7. The first-order chi connectivity index (χ1) is 13.3. The van der Waals surface area contributed by atoms with Crippen molar-refractivity contribution in [3.8, 4) is 11.5 Å². The van der Waals surface area contributed by atoms with E-state index in [9.17, 15) is 14.4 Å². The molecular formula is C19H16ClNO7. The molecule has 1 aliphatic heterocycles. The van der Waals surface area contributed by atoms with Gasteiger partial charge in [0.2, 0.25) is 5.91 Å². The number of carbonyl (C=O) groups excluding carboxylic acids is 2. The standard InChI is InChI=1S/C19H16ClNO7/c1-26-13-6-4-10-14(28-19(25)16(10)17(13)27-2)8-15(22)21-9-3-5-12(20)11(7-9)18(23)24/h3-7,14H,8H2,1-2H3,(H,21,22)(H,23,24)/t14-/m0/s1. The highest BCUT2D eigenvalue weighted by Crippen LogP contribution is 2.43. The average Bonchev–Trinajstić information content (AvgIpc) is 2.97. The van der Waals surface area contributed by atoms with Gasteiger partial charge in [-0.3, -0.25) is 4.79 Å². The Labute approximate surface area is 165 Å². The minimum Gasteiger partial charge on any atom is -0.493 e. The monoisotopic (exact) mass is 405 g/mol. The first kappa shape index (κ1) is 19.5. The molecule has 1 atom stereocenters. The average molecular weight is 406 g/mol. The molecule has 2 aromatic carbocycles. The van der Waals surface area contributed by atoms with Crippen molar-refractivity contribution in [1.82, 2.24) is 0 Å². The van der Waals surface area contributed by atoms with Gasteiger partial charge < -0.3 is 24.6 Å². The van der Waals surface area contributed by atoms with E-state index in [4.69, 9.17) is 30.9 Å². The number of halogens is 1. The van der Waals surface area contributed by atoms with Crippen LogP contribution in [0.2, 0.25) is 5.02 Å². The Morgan fingerprint density at radius 3 is 2.61 bits per heavy atom. The van der Waals surface area contributed by atoms with Crippen molar-refractivity contribution in [3.63, 3.8) is 0 Å². The van der Waals surface area contributed by atoms with Crippen molar-refractivity contribution < 1.29 is 33.7 Å². The van der Waals surface area contributed by atoms with Crippen LogP contribution in [0.25, 0.3) is 0 Å². The Morgan fingerprint density at radius 1 is 1.21 bits per heavy atom. The second-order valence-corrected chi connectivity index (χ2v) is 6.32. The van der Waals surface area contributed by atoms with Crippen LogP contribution < -0.4 is 14.8 Å². The maximum Gasteiger partial charge on any atom is 0.343 e. The minimum atomic E-state index is -1.21. The number of ether oxygens (including phenoxy) is 3. The molecule has 0 bridgehead atoms. The van der Waals surface area contributed by atoms with Gasteiger partial charge in [0.1, 0.15) is 11.7 Å². The van der Waals surface area contributed by atoms with Crippen molar-refractivity contribution in [2.24, 2.45) is 0 Å². The number of esters is 1. The molecule has 0 spiro atoms. The second kappa shape index (κ2) is 7.77. The van der Waals surface area contributed by atoms with Gasteiger partial charge in [0.05, 0.1) is 31.2 Å². The molecular weight excluding hydrogens is 390 g/mol. The Bertz CT molecular complexity index is 973. The number of nitrogens with one attached hydrogen (secondary N) is 1. The number of aromatic carboxylic acids is 1. The van der Waals surface area contributed by atoms with E-state index in [1.54, 1.807) is 12.1 Å². The Balaban J connectivity index is 1.79. The molecule has 1 heterocycles. The highest BCUT2D eigenvalue weighted by molar-refractivity contribution is 6.33. The van der Waals surface area contributed by atoms with Crippen LogP contribution in [0.1, 0.15) is 38.8 Å². The zero-order valence-electron chi connectivity index (χ0n) is 14.9. The van der Waals surface area contributed by atoms with E-state index in [0.717, 1.165) is 0 Å². The van der Waals surface area contributed by atoms with Gasteiger partial charge in [-0.2, -0.15) is 0 Å². The number of hydrogen-bond donors (Lipinski definition) is 2. The summed E-state index contributed by atoms with van der Waals surface area (Å²) in [5, 5.41) is 11.7. The molecule has 0 radical (unpaired) electrons. The topological polar surface area (TPSA) is 111 Å². The summed E-state index contributed by atoms with van der Waals surface area (Å²) in [5.74, 6) is -1.65. The van der Waals surface area contributed by atoms with Crippen LogP contribution in [0.5, 0.6) is 11.5 Å². The molecule has 2 N–H and O–H groups in total. The van der Waals surface area contributed by atoms with Crippen LogP contribution >= 0.6 is 11.6 Å². The summed E-state index contributed by atoms with van der Waals surface area (Å²) in [7, 11) is 2.86. The maximum atomic E-state index is 12.4. The third kappa shape index (κ3) is 3.59. The van der Waals surface area contributed by atoms with Crippen LogP contribution in [0.15, 0.2) is 30.3 Å². The summed E-state index contributed by atoms with van der Waals surface area (Å²) in [6, 6.07) is 7.39. The number of benzene rings is 2. The van der Waals surface area contributed by atoms with E-state index in [2.05, 4.69) is 5.32 Å². The SMILES string of the molecule is COc1ccc2c(c1OC)C(=O)O[C@H]2CC(=O)Nc1ccc(Cl)c(C(=O)O)c1. The van der Waals surface area contributed by atoms with Crippen LogP contribution in [0.3, 0.4) is 0 Å². The van der Waals surface area contributed by atoms with Gasteiger partial charge in [-0.25, -0.2) is 9.59 Å². The predicted octanol–water partition coefficient (Wildman–Crippen LogP) is 3.30. The van der Waals surface area contributed by atoms with Gasteiger partial charge in [-0.15, -0.1) is 0 Å². The van der Waals surface area contributed by atoms with Crippen LogP contribution in [0.4, 0.5) is 5.69 Å². The van der Waals surface area contributed by atoms with Gasteiger partial charge in [0.15, 0.2) is 11.5 Å². The highest BCUT2D eigenvalue weighted by atomic mass is 35.5. The first-order valence-electron chi connectivity index (χ1n) is 8.14. The number of cyclic esters (lactones) is 1. The van der Waals surface area contributed by atoms with Crippen molar-refractivity contribution >= 4 is 35.1 Å².